The van der Waals surface area contributed by atoms with Crippen LogP contribution < -0.4 is 17.2 Å². The standard InChI is InChI=1S/C14H12BrNO.C14H13NO.C7H6BrNO/c15-9-10-5-7-11(8-6-10)12-3-1-2-4-13(12)14(16)17;1-10-6-8-11(9-7-10)12-4-2-3-5-13(12)14(15)16;8-6-4-2-1-3-5(6)7(9)10/h1-8H,9H2,(H2,16,17);2-9H,1H3,(H2,15,16);1-4H,(H2,9,10). The maximum atomic E-state index is 11.3. The largest absolute Gasteiger partial charge is 0.366 e. The zero-order valence-corrected chi connectivity index (χ0v) is 26.6. The lowest BCUT2D eigenvalue weighted by molar-refractivity contribution is 0.0991. The van der Waals surface area contributed by atoms with E-state index < -0.39 is 17.7 Å². The van der Waals surface area contributed by atoms with Gasteiger partial charge in [-0.25, -0.2) is 0 Å². The van der Waals surface area contributed by atoms with Crippen molar-refractivity contribution < 1.29 is 14.4 Å². The number of aryl methyl sites for hydroxylation is 1. The molecule has 0 aliphatic heterocycles. The summed E-state index contributed by atoms with van der Waals surface area (Å²) in [6, 6.07) is 37.9. The summed E-state index contributed by atoms with van der Waals surface area (Å²) in [6.45, 7) is 2.03. The summed E-state index contributed by atoms with van der Waals surface area (Å²) in [6.07, 6.45) is 0. The second-order valence-corrected chi connectivity index (χ2v) is 10.8. The van der Waals surface area contributed by atoms with Crippen LogP contribution in [0.4, 0.5) is 0 Å². The molecular formula is C35H31Br2N3O3. The van der Waals surface area contributed by atoms with Crippen molar-refractivity contribution in [3.8, 4) is 22.3 Å². The van der Waals surface area contributed by atoms with Gasteiger partial charge in [0.05, 0.1) is 5.56 Å². The summed E-state index contributed by atoms with van der Waals surface area (Å²) in [5.41, 5.74) is 23.6. The van der Waals surface area contributed by atoms with Crippen LogP contribution in [0.1, 0.15) is 42.2 Å². The molecule has 0 spiro atoms. The Bertz CT molecular complexity index is 1700. The summed E-state index contributed by atoms with van der Waals surface area (Å²) in [7, 11) is 0. The smallest absolute Gasteiger partial charge is 0.249 e. The zero-order valence-electron chi connectivity index (χ0n) is 23.5. The van der Waals surface area contributed by atoms with Gasteiger partial charge in [-0.1, -0.05) is 119 Å². The molecule has 0 saturated carbocycles. The predicted molar refractivity (Wildman–Crippen MR) is 181 cm³/mol. The monoisotopic (exact) mass is 699 g/mol. The molecule has 0 radical (unpaired) electrons. The Kier molecular flexibility index (Phi) is 12.4. The van der Waals surface area contributed by atoms with E-state index in [2.05, 4.69) is 31.9 Å². The number of hydrogen-bond acceptors (Lipinski definition) is 3. The van der Waals surface area contributed by atoms with Gasteiger partial charge in [-0.15, -0.1) is 0 Å². The number of benzene rings is 5. The summed E-state index contributed by atoms with van der Waals surface area (Å²) in [5.74, 6) is -1.20. The zero-order chi connectivity index (χ0) is 31.4. The van der Waals surface area contributed by atoms with Crippen LogP contribution in [0.25, 0.3) is 22.3 Å². The van der Waals surface area contributed by atoms with Crippen LogP contribution in [0.3, 0.4) is 0 Å². The van der Waals surface area contributed by atoms with Crippen molar-refractivity contribution in [3.63, 3.8) is 0 Å². The molecule has 0 aliphatic carbocycles. The molecule has 6 N–H and O–H groups in total. The molecule has 0 unspecified atom stereocenters. The van der Waals surface area contributed by atoms with Crippen molar-refractivity contribution in [3.05, 3.63) is 154 Å². The van der Waals surface area contributed by atoms with E-state index in [9.17, 15) is 14.4 Å². The topological polar surface area (TPSA) is 129 Å². The molecule has 3 amide bonds. The molecule has 8 heteroatoms. The van der Waals surface area contributed by atoms with Crippen molar-refractivity contribution in [2.24, 2.45) is 17.2 Å². The van der Waals surface area contributed by atoms with Gasteiger partial charge in [-0.2, -0.15) is 0 Å². The normalized spacial score (nSPS) is 9.93. The molecule has 5 rings (SSSR count). The van der Waals surface area contributed by atoms with E-state index >= 15 is 0 Å². The lowest BCUT2D eigenvalue weighted by Crippen LogP contribution is -2.12. The van der Waals surface area contributed by atoms with E-state index in [-0.39, 0.29) is 0 Å². The summed E-state index contributed by atoms with van der Waals surface area (Å²) in [5, 5.41) is 0.824. The fourth-order valence-corrected chi connectivity index (χ4v) is 4.92. The highest BCUT2D eigenvalue weighted by Crippen LogP contribution is 2.25. The van der Waals surface area contributed by atoms with Crippen molar-refractivity contribution >= 4 is 49.6 Å². The highest BCUT2D eigenvalue weighted by molar-refractivity contribution is 9.10. The SMILES string of the molecule is Cc1ccc(-c2ccccc2C(N)=O)cc1.NC(=O)c1ccccc1-c1ccc(CBr)cc1.NC(=O)c1ccccc1Br. The van der Waals surface area contributed by atoms with E-state index in [0.717, 1.165) is 32.1 Å². The molecule has 0 saturated heterocycles. The number of amides is 3. The molecule has 5 aromatic carbocycles. The molecule has 218 valence electrons. The number of nitrogens with two attached hydrogens (primary N) is 3. The fourth-order valence-electron chi connectivity index (χ4n) is 4.07. The fraction of sp³-hybridized carbons (Fsp3) is 0.0571. The van der Waals surface area contributed by atoms with Crippen LogP contribution in [-0.2, 0) is 5.33 Å². The third kappa shape index (κ3) is 9.49. The molecular weight excluding hydrogens is 670 g/mol. The van der Waals surface area contributed by atoms with Crippen LogP contribution >= 0.6 is 31.9 Å². The second kappa shape index (κ2) is 16.2. The van der Waals surface area contributed by atoms with Crippen molar-refractivity contribution in [1.82, 2.24) is 0 Å². The Morgan fingerprint density at radius 1 is 0.535 bits per heavy atom. The average molecular weight is 701 g/mol. The van der Waals surface area contributed by atoms with Gasteiger partial charge in [0.15, 0.2) is 0 Å². The molecule has 0 aromatic heterocycles. The van der Waals surface area contributed by atoms with Gasteiger partial charge in [-0.3, -0.25) is 14.4 Å². The van der Waals surface area contributed by atoms with E-state index in [1.165, 1.54) is 11.1 Å². The number of carbonyl (C=O) groups excluding carboxylic acids is 3. The maximum Gasteiger partial charge on any atom is 0.249 e. The predicted octanol–water partition coefficient (Wildman–Crippen LogP) is 7.66. The minimum atomic E-state index is -0.410. The van der Waals surface area contributed by atoms with Crippen molar-refractivity contribution in [2.75, 3.05) is 0 Å². The van der Waals surface area contributed by atoms with E-state index in [4.69, 9.17) is 17.2 Å². The highest BCUT2D eigenvalue weighted by Gasteiger charge is 2.09. The minimum absolute atomic E-state index is 0.392. The average Bonchev–Trinajstić information content (AvgIpc) is 3.02. The van der Waals surface area contributed by atoms with Gasteiger partial charge < -0.3 is 17.2 Å². The van der Waals surface area contributed by atoms with E-state index in [0.29, 0.717) is 16.7 Å². The number of primary amides is 3. The number of carbonyl (C=O) groups is 3. The van der Waals surface area contributed by atoms with Crippen LogP contribution in [0.5, 0.6) is 0 Å². The number of halogens is 2. The first kappa shape index (κ1) is 33.0. The first-order chi connectivity index (χ1) is 20.6. The quantitative estimate of drug-likeness (QED) is 0.157. The second-order valence-electron chi connectivity index (χ2n) is 9.36. The number of alkyl halides is 1. The molecule has 0 atom stereocenters. The van der Waals surface area contributed by atoms with Crippen LogP contribution in [0.15, 0.2) is 126 Å². The summed E-state index contributed by atoms with van der Waals surface area (Å²) >= 11 is 6.60. The lowest BCUT2D eigenvalue weighted by Gasteiger charge is -2.07. The van der Waals surface area contributed by atoms with Crippen molar-refractivity contribution in [2.45, 2.75) is 12.3 Å². The first-order valence-electron chi connectivity index (χ1n) is 13.2. The Hall–Kier alpha value is -4.53. The van der Waals surface area contributed by atoms with Crippen LogP contribution in [0, 0.1) is 6.92 Å². The van der Waals surface area contributed by atoms with Crippen LogP contribution in [0.2, 0.25) is 0 Å². The summed E-state index contributed by atoms with van der Waals surface area (Å²) < 4.78 is 0.738. The molecule has 5 aromatic rings. The molecule has 43 heavy (non-hydrogen) atoms. The third-order valence-electron chi connectivity index (χ3n) is 6.31. The van der Waals surface area contributed by atoms with Crippen LogP contribution in [-0.4, -0.2) is 17.7 Å². The molecule has 0 aliphatic rings. The molecule has 6 nitrogen and oxygen atoms in total. The van der Waals surface area contributed by atoms with Gasteiger partial charge in [0, 0.05) is 20.9 Å². The Labute approximate surface area is 268 Å². The molecule has 0 bridgehead atoms. The van der Waals surface area contributed by atoms with Gasteiger partial charge in [0.1, 0.15) is 0 Å². The Balaban J connectivity index is 0.000000183. The van der Waals surface area contributed by atoms with Gasteiger partial charge in [0.2, 0.25) is 17.7 Å². The number of rotatable bonds is 6. The third-order valence-corrected chi connectivity index (χ3v) is 7.65. The van der Waals surface area contributed by atoms with E-state index in [1.54, 1.807) is 30.3 Å². The maximum absolute atomic E-state index is 11.3. The summed E-state index contributed by atoms with van der Waals surface area (Å²) in [4.78, 5) is 33.2. The highest BCUT2D eigenvalue weighted by atomic mass is 79.9. The Morgan fingerprint density at radius 2 is 0.907 bits per heavy atom. The van der Waals surface area contributed by atoms with Crippen molar-refractivity contribution in [1.29, 1.82) is 0 Å². The molecule has 0 heterocycles. The molecule has 0 fully saturated rings. The number of hydrogen-bond donors (Lipinski definition) is 3. The van der Waals surface area contributed by atoms with Gasteiger partial charge in [0.25, 0.3) is 0 Å². The Morgan fingerprint density at radius 3 is 1.28 bits per heavy atom. The van der Waals surface area contributed by atoms with Gasteiger partial charge in [-0.05, 0) is 74.9 Å². The lowest BCUT2D eigenvalue weighted by atomic mass is 9.98. The van der Waals surface area contributed by atoms with Gasteiger partial charge >= 0.3 is 0 Å². The minimum Gasteiger partial charge on any atom is -0.366 e. The van der Waals surface area contributed by atoms with E-state index in [1.807, 2.05) is 97.9 Å². The first-order valence-corrected chi connectivity index (χ1v) is 15.1.